The smallest absolute Gasteiger partial charge is 0.264 e. The van der Waals surface area contributed by atoms with Crippen molar-refractivity contribution in [1.82, 2.24) is 10.2 Å². The number of carbonyl (C=O) groups excluding carboxylic acids is 2. The Morgan fingerprint density at radius 1 is 1.00 bits per heavy atom. The third kappa shape index (κ3) is 7.63. The van der Waals surface area contributed by atoms with Crippen LogP contribution >= 0.6 is 11.6 Å². The van der Waals surface area contributed by atoms with Gasteiger partial charge < -0.3 is 15.0 Å². The second-order valence-electron chi connectivity index (χ2n) is 10.7. The molecule has 10 heteroatoms. The molecule has 1 saturated carbocycles. The molecule has 0 saturated heterocycles. The number of hydrogen-bond donors (Lipinski definition) is 1. The molecule has 1 aliphatic rings. The van der Waals surface area contributed by atoms with Crippen LogP contribution in [0, 0.1) is 6.92 Å². The summed E-state index contributed by atoms with van der Waals surface area (Å²) in [5.74, 6) is -0.404. The predicted molar refractivity (Wildman–Crippen MR) is 165 cm³/mol. The zero-order chi connectivity index (χ0) is 30.3. The molecule has 8 nitrogen and oxygen atoms in total. The third-order valence-corrected chi connectivity index (χ3v) is 9.71. The molecule has 0 bridgehead atoms. The third-order valence-electron chi connectivity index (χ3n) is 7.63. The summed E-state index contributed by atoms with van der Waals surface area (Å²) in [7, 11) is -2.72. The summed E-state index contributed by atoms with van der Waals surface area (Å²) < 4.78 is 34.1. The van der Waals surface area contributed by atoms with Crippen LogP contribution in [0.25, 0.3) is 0 Å². The zero-order valence-corrected chi connectivity index (χ0v) is 25.8. The Bertz CT molecular complexity index is 1480. The first kappa shape index (κ1) is 31.4. The fraction of sp³-hybridized carbons (Fsp3) is 0.375. The van der Waals surface area contributed by atoms with Crippen molar-refractivity contribution in [2.24, 2.45) is 0 Å². The lowest BCUT2D eigenvalue weighted by atomic mass is 9.95. The average molecular weight is 612 g/mol. The van der Waals surface area contributed by atoms with Gasteiger partial charge in [0.2, 0.25) is 11.8 Å². The number of carbonyl (C=O) groups is 2. The summed E-state index contributed by atoms with van der Waals surface area (Å²) in [5.41, 5.74) is 2.10. The van der Waals surface area contributed by atoms with Crippen molar-refractivity contribution in [2.45, 2.75) is 69.5 Å². The summed E-state index contributed by atoms with van der Waals surface area (Å²) in [6, 6.07) is 19.4. The molecule has 0 aromatic heterocycles. The summed E-state index contributed by atoms with van der Waals surface area (Å²) in [6.45, 7) is 3.26. The van der Waals surface area contributed by atoms with Crippen LogP contribution in [0.4, 0.5) is 5.69 Å². The molecular formula is C32H38ClN3O5S. The molecule has 1 fully saturated rings. The number of nitrogens with one attached hydrogen (secondary N) is 1. The quantitative estimate of drug-likeness (QED) is 0.299. The van der Waals surface area contributed by atoms with E-state index < -0.39 is 28.5 Å². The van der Waals surface area contributed by atoms with Gasteiger partial charge in [0.1, 0.15) is 18.3 Å². The molecule has 1 atom stereocenters. The van der Waals surface area contributed by atoms with E-state index in [1.807, 2.05) is 31.2 Å². The molecule has 0 spiro atoms. The van der Waals surface area contributed by atoms with E-state index >= 15 is 0 Å². The van der Waals surface area contributed by atoms with Gasteiger partial charge in [0.25, 0.3) is 10.0 Å². The van der Waals surface area contributed by atoms with Crippen LogP contribution in [-0.2, 0) is 26.2 Å². The highest BCUT2D eigenvalue weighted by molar-refractivity contribution is 7.92. The van der Waals surface area contributed by atoms with Crippen molar-refractivity contribution in [2.75, 3.05) is 18.0 Å². The topological polar surface area (TPSA) is 96.0 Å². The molecule has 4 rings (SSSR count). The maximum atomic E-state index is 14.1. The van der Waals surface area contributed by atoms with Gasteiger partial charge in [-0.25, -0.2) is 8.42 Å². The highest BCUT2D eigenvalue weighted by Crippen LogP contribution is 2.32. The van der Waals surface area contributed by atoms with Crippen LogP contribution in [0.3, 0.4) is 0 Å². The van der Waals surface area contributed by atoms with Gasteiger partial charge >= 0.3 is 0 Å². The summed E-state index contributed by atoms with van der Waals surface area (Å²) in [4.78, 5) is 29.0. The van der Waals surface area contributed by atoms with Crippen LogP contribution in [0.2, 0.25) is 5.02 Å². The lowest BCUT2D eigenvalue weighted by Crippen LogP contribution is -2.53. The monoisotopic (exact) mass is 611 g/mol. The van der Waals surface area contributed by atoms with Gasteiger partial charge in [0.05, 0.1) is 22.7 Å². The second kappa shape index (κ2) is 14.1. The van der Waals surface area contributed by atoms with Crippen molar-refractivity contribution in [3.63, 3.8) is 0 Å². The number of anilines is 1. The van der Waals surface area contributed by atoms with E-state index in [2.05, 4.69) is 5.32 Å². The van der Waals surface area contributed by atoms with Crippen LogP contribution in [0.15, 0.2) is 77.7 Å². The Balaban J connectivity index is 1.69. The number of nitrogens with zero attached hydrogens (tertiary/aromatic N) is 2. The van der Waals surface area contributed by atoms with Gasteiger partial charge in [-0.1, -0.05) is 78.9 Å². The number of ether oxygens (including phenoxy) is 1. The van der Waals surface area contributed by atoms with E-state index in [4.69, 9.17) is 16.3 Å². The molecule has 0 unspecified atom stereocenters. The maximum Gasteiger partial charge on any atom is 0.264 e. The Kier molecular flexibility index (Phi) is 10.5. The number of hydrogen-bond acceptors (Lipinski definition) is 5. The lowest BCUT2D eigenvalue weighted by molar-refractivity contribution is -0.139. The molecule has 3 aromatic carbocycles. The summed E-state index contributed by atoms with van der Waals surface area (Å²) in [5, 5.41) is 3.32. The molecule has 224 valence electrons. The Morgan fingerprint density at radius 2 is 1.67 bits per heavy atom. The minimum absolute atomic E-state index is 0.0258. The van der Waals surface area contributed by atoms with Gasteiger partial charge in [-0.15, -0.1) is 0 Å². The van der Waals surface area contributed by atoms with Crippen molar-refractivity contribution in [3.05, 3.63) is 88.9 Å². The lowest BCUT2D eigenvalue weighted by Gasteiger charge is -2.33. The number of benzene rings is 3. The highest BCUT2D eigenvalue weighted by atomic mass is 35.5. The first-order valence-corrected chi connectivity index (χ1v) is 16.0. The van der Waals surface area contributed by atoms with Crippen molar-refractivity contribution >= 4 is 39.1 Å². The van der Waals surface area contributed by atoms with E-state index in [1.165, 1.54) is 30.2 Å². The minimum Gasteiger partial charge on any atom is -0.495 e. The molecule has 0 radical (unpaired) electrons. The Morgan fingerprint density at radius 3 is 2.29 bits per heavy atom. The molecule has 0 aliphatic heterocycles. The number of sulfonamides is 1. The zero-order valence-electron chi connectivity index (χ0n) is 24.3. The van der Waals surface area contributed by atoms with Gasteiger partial charge in [0, 0.05) is 12.6 Å². The molecule has 2 amide bonds. The molecule has 3 aromatic rings. The average Bonchev–Trinajstić information content (AvgIpc) is 3.00. The Hall–Kier alpha value is -3.56. The largest absolute Gasteiger partial charge is 0.495 e. The molecule has 42 heavy (non-hydrogen) atoms. The van der Waals surface area contributed by atoms with Crippen molar-refractivity contribution in [1.29, 1.82) is 0 Å². The van der Waals surface area contributed by atoms with E-state index in [0.29, 0.717) is 5.75 Å². The van der Waals surface area contributed by atoms with Crippen molar-refractivity contribution in [3.8, 4) is 5.75 Å². The van der Waals surface area contributed by atoms with Crippen LogP contribution < -0.4 is 14.4 Å². The first-order valence-electron chi connectivity index (χ1n) is 14.2. The summed E-state index contributed by atoms with van der Waals surface area (Å²) >= 11 is 6.38. The van der Waals surface area contributed by atoms with Crippen LogP contribution in [0.5, 0.6) is 5.75 Å². The van der Waals surface area contributed by atoms with Gasteiger partial charge in [-0.2, -0.15) is 0 Å². The minimum atomic E-state index is -4.18. The fourth-order valence-corrected chi connectivity index (χ4v) is 6.78. The van der Waals surface area contributed by atoms with E-state index in [0.717, 1.165) is 47.5 Å². The first-order chi connectivity index (χ1) is 20.1. The summed E-state index contributed by atoms with van der Waals surface area (Å²) in [6.07, 6.45) is 5.09. The number of aryl methyl sites for hydroxylation is 1. The Labute approximate surface area is 253 Å². The number of rotatable bonds is 11. The number of halogens is 1. The predicted octanol–water partition coefficient (Wildman–Crippen LogP) is 5.72. The van der Waals surface area contributed by atoms with Gasteiger partial charge in [-0.3, -0.25) is 13.9 Å². The van der Waals surface area contributed by atoms with E-state index in [9.17, 15) is 18.0 Å². The molecular weight excluding hydrogens is 574 g/mol. The fourth-order valence-electron chi connectivity index (χ4n) is 5.10. The molecule has 1 N–H and O–H groups in total. The van der Waals surface area contributed by atoms with Crippen LogP contribution in [-0.4, -0.2) is 50.9 Å². The highest BCUT2D eigenvalue weighted by Gasteiger charge is 2.33. The standard InChI is InChI=1S/C32H38ClN3O5S/c1-23-14-16-25(17-15-23)21-35(24(2)32(38)34-26-10-6-4-7-11-26)31(37)22-36(27-18-19-30(41-3)29(33)20-27)42(39,40)28-12-8-5-9-13-28/h5,8-9,12-20,24,26H,4,6-7,10-11,21-22H2,1-3H3,(H,34,38)/t24-/m0/s1. The maximum absolute atomic E-state index is 14.1. The van der Waals surface area contributed by atoms with Gasteiger partial charge in [0.15, 0.2) is 0 Å². The van der Waals surface area contributed by atoms with Crippen molar-refractivity contribution < 1.29 is 22.7 Å². The number of amides is 2. The van der Waals surface area contributed by atoms with E-state index in [1.54, 1.807) is 37.3 Å². The van der Waals surface area contributed by atoms with Gasteiger partial charge in [-0.05, 0) is 62.6 Å². The normalized spacial score (nSPS) is 14.6. The number of methoxy groups -OCH3 is 1. The molecule has 1 aliphatic carbocycles. The second-order valence-corrected chi connectivity index (χ2v) is 12.9. The van der Waals surface area contributed by atoms with E-state index in [-0.39, 0.29) is 34.1 Å². The SMILES string of the molecule is COc1ccc(N(CC(=O)N(Cc2ccc(C)cc2)[C@@H](C)C(=O)NC2CCCCC2)S(=O)(=O)c2ccccc2)cc1Cl. The molecule has 0 heterocycles. The van der Waals surface area contributed by atoms with Crippen LogP contribution in [0.1, 0.15) is 50.2 Å².